The molecule has 0 radical (unpaired) electrons. The monoisotopic (exact) mass is 205 g/mol. The highest BCUT2D eigenvalue weighted by Gasteiger charge is 2.06. The lowest BCUT2D eigenvalue weighted by molar-refractivity contribution is 0.629. The number of pyridine rings is 1. The average Bonchev–Trinajstić information content (AvgIpc) is 2.23. The molecule has 0 saturated carbocycles. The van der Waals surface area contributed by atoms with Gasteiger partial charge in [-0.2, -0.15) is 0 Å². The Bertz CT molecular complexity index is 572. The van der Waals surface area contributed by atoms with Crippen LogP contribution in [0.5, 0.6) is 0 Å². The van der Waals surface area contributed by atoms with Crippen LogP contribution in [0, 0.1) is 5.82 Å². The summed E-state index contributed by atoms with van der Waals surface area (Å²) in [7, 11) is 1.71. The maximum atomic E-state index is 13.1. The van der Waals surface area contributed by atoms with Crippen LogP contribution in [0.2, 0.25) is 0 Å². The van der Waals surface area contributed by atoms with Crippen LogP contribution in [0.1, 0.15) is 12.5 Å². The Balaban J connectivity index is 2.96. The van der Waals surface area contributed by atoms with Crippen molar-refractivity contribution in [2.24, 2.45) is 7.05 Å². The molecule has 0 amide bonds. The van der Waals surface area contributed by atoms with Crippen molar-refractivity contribution in [3.63, 3.8) is 0 Å². The third kappa shape index (κ3) is 1.54. The lowest BCUT2D eigenvalue weighted by atomic mass is 10.1. The van der Waals surface area contributed by atoms with Crippen LogP contribution in [0.25, 0.3) is 10.8 Å². The van der Waals surface area contributed by atoms with Crippen LogP contribution >= 0.6 is 0 Å². The van der Waals surface area contributed by atoms with E-state index >= 15 is 0 Å². The van der Waals surface area contributed by atoms with Gasteiger partial charge in [0.1, 0.15) is 5.82 Å². The average molecular weight is 205 g/mol. The summed E-state index contributed by atoms with van der Waals surface area (Å²) in [6.07, 6.45) is 2.55. The fraction of sp³-hybridized carbons (Fsp3) is 0.250. The van der Waals surface area contributed by atoms with E-state index in [1.165, 1.54) is 12.1 Å². The normalized spacial score (nSPS) is 10.9. The number of aryl methyl sites for hydroxylation is 2. The minimum absolute atomic E-state index is 0.0813. The maximum Gasteiger partial charge on any atom is 0.258 e. The molecule has 0 spiro atoms. The topological polar surface area (TPSA) is 22.0 Å². The highest BCUT2D eigenvalue weighted by atomic mass is 19.1. The summed E-state index contributed by atoms with van der Waals surface area (Å²) in [5.74, 6) is -0.301. The Labute approximate surface area is 87.0 Å². The first-order valence-corrected chi connectivity index (χ1v) is 4.91. The molecule has 15 heavy (non-hydrogen) atoms. The zero-order chi connectivity index (χ0) is 11.0. The van der Waals surface area contributed by atoms with Gasteiger partial charge in [-0.05, 0) is 35.6 Å². The summed E-state index contributed by atoms with van der Waals surface area (Å²) in [5.41, 5.74) is 0.911. The lowest BCUT2D eigenvalue weighted by Gasteiger charge is -2.07. The van der Waals surface area contributed by atoms with Gasteiger partial charge in [0.2, 0.25) is 0 Å². The fourth-order valence-electron chi connectivity index (χ4n) is 1.80. The van der Waals surface area contributed by atoms with Crippen LogP contribution in [-0.2, 0) is 13.5 Å². The van der Waals surface area contributed by atoms with Crippen LogP contribution in [0.15, 0.2) is 29.2 Å². The molecule has 1 aromatic carbocycles. The molecule has 0 saturated heterocycles. The third-order valence-corrected chi connectivity index (χ3v) is 2.61. The minimum Gasteiger partial charge on any atom is -0.318 e. The van der Waals surface area contributed by atoms with Gasteiger partial charge < -0.3 is 4.57 Å². The van der Waals surface area contributed by atoms with E-state index in [-0.39, 0.29) is 11.4 Å². The molecule has 3 heteroatoms. The van der Waals surface area contributed by atoms with Crippen LogP contribution in [0.4, 0.5) is 4.39 Å². The largest absolute Gasteiger partial charge is 0.318 e. The molecular formula is C12H12FNO. The number of nitrogens with zero attached hydrogens (tertiary/aromatic N) is 1. The van der Waals surface area contributed by atoms with Gasteiger partial charge in [0.25, 0.3) is 5.56 Å². The number of benzene rings is 1. The first-order valence-electron chi connectivity index (χ1n) is 4.91. The van der Waals surface area contributed by atoms with Crippen molar-refractivity contribution >= 4 is 10.8 Å². The Morgan fingerprint density at radius 1 is 1.33 bits per heavy atom. The molecule has 0 unspecified atom stereocenters. The maximum absolute atomic E-state index is 13.1. The summed E-state index contributed by atoms with van der Waals surface area (Å²) < 4.78 is 14.6. The molecule has 0 aliphatic rings. The van der Waals surface area contributed by atoms with Gasteiger partial charge >= 0.3 is 0 Å². The minimum atomic E-state index is -0.301. The quantitative estimate of drug-likeness (QED) is 0.699. The summed E-state index contributed by atoms with van der Waals surface area (Å²) in [4.78, 5) is 11.7. The van der Waals surface area contributed by atoms with Gasteiger partial charge in [0.15, 0.2) is 0 Å². The molecule has 78 valence electrons. The van der Waals surface area contributed by atoms with Crippen molar-refractivity contribution in [3.05, 3.63) is 46.1 Å². The predicted molar refractivity (Wildman–Crippen MR) is 58.5 cm³/mol. The first-order chi connectivity index (χ1) is 7.13. The molecule has 0 aliphatic heterocycles. The van der Waals surface area contributed by atoms with E-state index < -0.39 is 0 Å². The number of halogens is 1. The van der Waals surface area contributed by atoms with Crippen molar-refractivity contribution in [1.29, 1.82) is 0 Å². The predicted octanol–water partition coefficient (Wildman–Crippen LogP) is 2.24. The lowest BCUT2D eigenvalue weighted by Crippen LogP contribution is -2.17. The number of hydrogen-bond acceptors (Lipinski definition) is 1. The van der Waals surface area contributed by atoms with E-state index in [0.717, 1.165) is 17.4 Å². The number of fused-ring (bicyclic) bond motifs is 1. The van der Waals surface area contributed by atoms with E-state index in [4.69, 9.17) is 0 Å². The van der Waals surface area contributed by atoms with Gasteiger partial charge in [-0.1, -0.05) is 6.92 Å². The second-order valence-electron chi connectivity index (χ2n) is 3.61. The molecule has 0 fully saturated rings. The standard InChI is InChI=1S/C12H12FNO/c1-3-8-7-14(2)12(15)10-5-4-9(13)6-11(8)10/h4-7H,3H2,1-2H3. The van der Waals surface area contributed by atoms with E-state index in [2.05, 4.69) is 0 Å². The molecule has 1 heterocycles. The van der Waals surface area contributed by atoms with Gasteiger partial charge in [-0.15, -0.1) is 0 Å². The van der Waals surface area contributed by atoms with Crippen molar-refractivity contribution in [2.75, 3.05) is 0 Å². The number of hydrogen-bond donors (Lipinski definition) is 0. The number of rotatable bonds is 1. The molecule has 2 rings (SSSR count). The third-order valence-electron chi connectivity index (χ3n) is 2.61. The van der Waals surface area contributed by atoms with Crippen molar-refractivity contribution in [3.8, 4) is 0 Å². The van der Waals surface area contributed by atoms with E-state index in [1.54, 1.807) is 23.9 Å². The van der Waals surface area contributed by atoms with Crippen LogP contribution in [-0.4, -0.2) is 4.57 Å². The van der Waals surface area contributed by atoms with E-state index in [9.17, 15) is 9.18 Å². The van der Waals surface area contributed by atoms with Gasteiger partial charge in [0.05, 0.1) is 0 Å². The van der Waals surface area contributed by atoms with Gasteiger partial charge in [-0.25, -0.2) is 4.39 Å². The summed E-state index contributed by atoms with van der Waals surface area (Å²) >= 11 is 0. The summed E-state index contributed by atoms with van der Waals surface area (Å²) in [6.45, 7) is 1.99. The summed E-state index contributed by atoms with van der Waals surface area (Å²) in [5, 5.41) is 1.30. The fourth-order valence-corrected chi connectivity index (χ4v) is 1.80. The SMILES string of the molecule is CCc1cn(C)c(=O)c2ccc(F)cc12. The Morgan fingerprint density at radius 3 is 2.73 bits per heavy atom. The highest BCUT2D eigenvalue weighted by molar-refractivity contribution is 5.84. The van der Waals surface area contributed by atoms with E-state index in [1.807, 2.05) is 6.92 Å². The molecule has 1 aromatic heterocycles. The first kappa shape index (κ1) is 9.90. The Kier molecular flexibility index (Phi) is 2.31. The molecule has 2 aromatic rings. The van der Waals surface area contributed by atoms with E-state index in [0.29, 0.717) is 5.39 Å². The molecule has 0 aliphatic carbocycles. The van der Waals surface area contributed by atoms with Gasteiger partial charge in [0, 0.05) is 18.6 Å². The second-order valence-corrected chi connectivity index (χ2v) is 3.61. The molecule has 0 atom stereocenters. The molecule has 0 N–H and O–H groups in total. The van der Waals surface area contributed by atoms with Crippen LogP contribution < -0.4 is 5.56 Å². The van der Waals surface area contributed by atoms with Crippen molar-refractivity contribution in [2.45, 2.75) is 13.3 Å². The number of aromatic nitrogens is 1. The van der Waals surface area contributed by atoms with Gasteiger partial charge in [-0.3, -0.25) is 4.79 Å². The highest BCUT2D eigenvalue weighted by Crippen LogP contribution is 2.17. The summed E-state index contributed by atoms with van der Waals surface area (Å²) in [6, 6.07) is 4.30. The van der Waals surface area contributed by atoms with Crippen molar-refractivity contribution < 1.29 is 4.39 Å². The van der Waals surface area contributed by atoms with Crippen molar-refractivity contribution in [1.82, 2.24) is 4.57 Å². The molecule has 2 nitrogen and oxygen atoms in total. The van der Waals surface area contributed by atoms with Crippen LogP contribution in [0.3, 0.4) is 0 Å². The zero-order valence-electron chi connectivity index (χ0n) is 8.75. The Morgan fingerprint density at radius 2 is 2.07 bits per heavy atom. The zero-order valence-corrected chi connectivity index (χ0v) is 8.75. The molecule has 0 bridgehead atoms. The Hall–Kier alpha value is -1.64. The smallest absolute Gasteiger partial charge is 0.258 e. The second kappa shape index (κ2) is 3.50. The molecular weight excluding hydrogens is 193 g/mol.